The number of nitrogens with one attached hydrogen (secondary N) is 2. The smallest absolute Gasteiger partial charge is 0.273 e. The van der Waals surface area contributed by atoms with Gasteiger partial charge in [-0.3, -0.25) is 9.59 Å². The minimum atomic E-state index is -0.407. The van der Waals surface area contributed by atoms with Gasteiger partial charge in [0.25, 0.3) is 5.56 Å². The lowest BCUT2D eigenvalue weighted by molar-refractivity contribution is -0.121. The molecule has 0 aliphatic heterocycles. The van der Waals surface area contributed by atoms with E-state index in [9.17, 15) is 9.59 Å². The molecule has 9 heteroatoms. The van der Waals surface area contributed by atoms with Gasteiger partial charge in [0.2, 0.25) is 11.7 Å². The molecule has 1 aromatic heterocycles. The van der Waals surface area contributed by atoms with Gasteiger partial charge in [-0.05, 0) is 24.6 Å². The summed E-state index contributed by atoms with van der Waals surface area (Å²) in [5.74, 6) is 1.38. The number of carbonyl (C=O) groups is 1. The predicted molar refractivity (Wildman–Crippen MR) is 119 cm³/mol. The summed E-state index contributed by atoms with van der Waals surface area (Å²) in [6.45, 7) is 2.43. The third kappa shape index (κ3) is 5.42. The lowest BCUT2D eigenvalue weighted by Gasteiger charge is -2.13. The minimum Gasteiger partial charge on any atom is -0.493 e. The molecule has 0 aliphatic rings. The van der Waals surface area contributed by atoms with E-state index < -0.39 is 5.56 Å². The number of rotatable bonds is 9. The third-order valence-corrected chi connectivity index (χ3v) is 4.86. The van der Waals surface area contributed by atoms with Crippen molar-refractivity contribution in [2.24, 2.45) is 0 Å². The number of carbonyl (C=O) groups excluding carboxylic acids is 1. The Balaban J connectivity index is 1.68. The zero-order chi connectivity index (χ0) is 23.1. The van der Waals surface area contributed by atoms with Gasteiger partial charge in [0.15, 0.2) is 17.3 Å². The van der Waals surface area contributed by atoms with E-state index >= 15 is 0 Å². The molecule has 2 aromatic carbocycles. The molecule has 2 N–H and O–H groups in total. The summed E-state index contributed by atoms with van der Waals surface area (Å²) < 4.78 is 16.0. The fourth-order valence-corrected chi connectivity index (χ4v) is 3.21. The number of amides is 1. The van der Waals surface area contributed by atoms with Crippen LogP contribution in [-0.2, 0) is 17.8 Å². The summed E-state index contributed by atoms with van der Waals surface area (Å²) in [4.78, 5) is 27.4. The van der Waals surface area contributed by atoms with Gasteiger partial charge in [0.05, 0.1) is 21.3 Å². The normalized spacial score (nSPS) is 10.5. The number of aromatic amines is 1. The number of hydrogen-bond donors (Lipinski definition) is 2. The molecule has 3 aromatic rings. The van der Waals surface area contributed by atoms with Crippen molar-refractivity contribution in [3.63, 3.8) is 0 Å². The van der Waals surface area contributed by atoms with E-state index in [0.717, 1.165) is 11.1 Å². The lowest BCUT2D eigenvalue weighted by Crippen LogP contribution is -2.25. The highest BCUT2D eigenvalue weighted by atomic mass is 16.5. The number of nitrogens with zero attached hydrogens (tertiary/aromatic N) is 2. The number of hydrogen-bond acceptors (Lipinski definition) is 7. The van der Waals surface area contributed by atoms with E-state index in [2.05, 4.69) is 20.5 Å². The largest absolute Gasteiger partial charge is 0.493 e. The van der Waals surface area contributed by atoms with E-state index in [0.29, 0.717) is 29.4 Å². The molecule has 0 bridgehead atoms. The van der Waals surface area contributed by atoms with Crippen molar-refractivity contribution in [1.82, 2.24) is 20.5 Å². The van der Waals surface area contributed by atoms with Crippen molar-refractivity contribution < 1.29 is 19.0 Å². The highest BCUT2D eigenvalue weighted by Crippen LogP contribution is 2.40. The zero-order valence-electron chi connectivity index (χ0n) is 18.5. The summed E-state index contributed by atoms with van der Waals surface area (Å²) in [5, 5.41) is 11.0. The van der Waals surface area contributed by atoms with E-state index in [1.807, 2.05) is 31.2 Å². The van der Waals surface area contributed by atoms with Gasteiger partial charge in [-0.15, -0.1) is 10.2 Å². The second-order valence-electron chi connectivity index (χ2n) is 7.13. The molecule has 0 saturated heterocycles. The van der Waals surface area contributed by atoms with Gasteiger partial charge in [0, 0.05) is 24.9 Å². The van der Waals surface area contributed by atoms with Gasteiger partial charge in [-0.2, -0.15) is 0 Å². The summed E-state index contributed by atoms with van der Waals surface area (Å²) in [6, 6.07) is 11.2. The van der Waals surface area contributed by atoms with Gasteiger partial charge in [-0.1, -0.05) is 29.8 Å². The maximum absolute atomic E-state index is 12.5. The first-order chi connectivity index (χ1) is 15.4. The number of ether oxygens (including phenoxy) is 3. The molecule has 0 radical (unpaired) electrons. The maximum Gasteiger partial charge on any atom is 0.273 e. The van der Waals surface area contributed by atoms with Crippen molar-refractivity contribution in [3.05, 3.63) is 63.6 Å². The van der Waals surface area contributed by atoms with Crippen molar-refractivity contribution in [3.8, 4) is 28.6 Å². The summed E-state index contributed by atoms with van der Waals surface area (Å²) >= 11 is 0. The predicted octanol–water partition coefficient (Wildman–Crippen LogP) is 2.42. The second-order valence-corrected chi connectivity index (χ2v) is 7.13. The first-order valence-electron chi connectivity index (χ1n) is 10.0. The van der Waals surface area contributed by atoms with Crippen LogP contribution in [0.2, 0.25) is 0 Å². The van der Waals surface area contributed by atoms with Crippen LogP contribution < -0.4 is 25.1 Å². The van der Waals surface area contributed by atoms with Crippen molar-refractivity contribution in [1.29, 1.82) is 0 Å². The van der Waals surface area contributed by atoms with Gasteiger partial charge in [0.1, 0.15) is 5.69 Å². The van der Waals surface area contributed by atoms with Gasteiger partial charge >= 0.3 is 0 Å². The number of aromatic nitrogens is 3. The Bertz CT molecular complexity index is 1130. The Morgan fingerprint density at radius 3 is 2.34 bits per heavy atom. The molecule has 1 heterocycles. The van der Waals surface area contributed by atoms with E-state index in [1.54, 1.807) is 12.1 Å². The highest BCUT2D eigenvalue weighted by molar-refractivity contribution is 5.76. The molecule has 9 nitrogen and oxygen atoms in total. The Morgan fingerprint density at radius 1 is 1.03 bits per heavy atom. The van der Waals surface area contributed by atoms with Crippen LogP contribution in [0, 0.1) is 6.92 Å². The van der Waals surface area contributed by atoms with E-state index in [1.165, 1.54) is 21.3 Å². The third-order valence-electron chi connectivity index (χ3n) is 4.86. The molecule has 0 unspecified atom stereocenters. The van der Waals surface area contributed by atoms with Gasteiger partial charge < -0.3 is 24.5 Å². The summed E-state index contributed by atoms with van der Waals surface area (Å²) in [5.41, 5.74) is 2.48. The Kier molecular flexibility index (Phi) is 7.43. The number of aryl methyl sites for hydroxylation is 2. The number of benzene rings is 2. The monoisotopic (exact) mass is 438 g/mol. The maximum atomic E-state index is 12.5. The van der Waals surface area contributed by atoms with Gasteiger partial charge in [-0.25, -0.2) is 0 Å². The second kappa shape index (κ2) is 10.4. The van der Waals surface area contributed by atoms with Crippen LogP contribution in [0.5, 0.6) is 17.2 Å². The molecule has 0 spiro atoms. The minimum absolute atomic E-state index is 0.132. The van der Waals surface area contributed by atoms with Crippen LogP contribution in [-0.4, -0.2) is 42.4 Å². The van der Waals surface area contributed by atoms with Crippen LogP contribution in [0.3, 0.4) is 0 Å². The molecule has 1 amide bonds. The van der Waals surface area contributed by atoms with Crippen LogP contribution in [0.15, 0.2) is 41.2 Å². The lowest BCUT2D eigenvalue weighted by atomic mass is 10.1. The van der Waals surface area contributed by atoms with Crippen molar-refractivity contribution in [2.75, 3.05) is 21.3 Å². The fourth-order valence-electron chi connectivity index (χ4n) is 3.21. The van der Waals surface area contributed by atoms with Crippen LogP contribution in [0.25, 0.3) is 11.4 Å². The number of H-pyrrole nitrogens is 1. The van der Waals surface area contributed by atoms with Crippen LogP contribution in [0.4, 0.5) is 0 Å². The highest BCUT2D eigenvalue weighted by Gasteiger charge is 2.16. The molecule has 3 rings (SSSR count). The molecule has 0 atom stereocenters. The summed E-state index contributed by atoms with van der Waals surface area (Å²) in [6.07, 6.45) is 0.310. The quantitative estimate of drug-likeness (QED) is 0.527. The Labute approximate surface area is 185 Å². The van der Waals surface area contributed by atoms with Crippen LogP contribution >= 0.6 is 0 Å². The SMILES string of the molecule is COc1cc(-c2nnc(CCC(=O)NCc3cccc(C)c3)c(=O)[nH]2)cc(OC)c1OC. The average Bonchev–Trinajstić information content (AvgIpc) is 2.80. The topological polar surface area (TPSA) is 115 Å². The van der Waals surface area contributed by atoms with E-state index in [-0.39, 0.29) is 30.3 Å². The molecule has 0 fully saturated rings. The number of methoxy groups -OCH3 is 3. The standard InChI is InChI=1S/C23H26N4O5/c1-14-6-5-7-15(10-14)13-24-20(28)9-8-17-23(29)25-22(27-26-17)16-11-18(30-2)21(32-4)19(12-16)31-3/h5-7,10-12H,8-9,13H2,1-4H3,(H,24,28)(H,25,27,29). The Hall–Kier alpha value is -3.88. The molecular formula is C23H26N4O5. The molecular weight excluding hydrogens is 412 g/mol. The first-order valence-corrected chi connectivity index (χ1v) is 10.0. The van der Waals surface area contributed by atoms with E-state index in [4.69, 9.17) is 14.2 Å². The van der Waals surface area contributed by atoms with Crippen molar-refractivity contribution >= 4 is 5.91 Å². The molecule has 0 saturated carbocycles. The zero-order valence-corrected chi connectivity index (χ0v) is 18.5. The molecule has 168 valence electrons. The summed E-state index contributed by atoms with van der Waals surface area (Å²) in [7, 11) is 4.51. The molecule has 0 aliphatic carbocycles. The average molecular weight is 438 g/mol. The van der Waals surface area contributed by atoms with Crippen LogP contribution in [0.1, 0.15) is 23.2 Å². The fraction of sp³-hybridized carbons (Fsp3) is 0.304. The van der Waals surface area contributed by atoms with Crippen molar-refractivity contribution in [2.45, 2.75) is 26.3 Å². The molecule has 32 heavy (non-hydrogen) atoms. The Morgan fingerprint density at radius 2 is 1.75 bits per heavy atom. The first kappa shape index (κ1) is 22.8.